The predicted molar refractivity (Wildman–Crippen MR) is 83.6 cm³/mol. The average molecular weight is 307 g/mol. The van der Waals surface area contributed by atoms with E-state index in [9.17, 15) is 4.79 Å². The van der Waals surface area contributed by atoms with E-state index in [2.05, 4.69) is 23.6 Å². The fraction of sp³-hybridized carbons (Fsp3) is 0.267. The zero-order valence-electron chi connectivity index (χ0n) is 11.1. The topological polar surface area (TPSA) is 41.1 Å². The first kappa shape index (κ1) is 13.6. The second kappa shape index (κ2) is 5.56. The van der Waals surface area contributed by atoms with Crippen molar-refractivity contribution in [2.75, 3.05) is 11.9 Å². The van der Waals surface area contributed by atoms with Crippen LogP contribution in [0.15, 0.2) is 29.6 Å². The van der Waals surface area contributed by atoms with Gasteiger partial charge in [0.2, 0.25) is 5.91 Å². The molecule has 3 rings (SSSR count). The Morgan fingerprint density at radius 2 is 2.30 bits per heavy atom. The van der Waals surface area contributed by atoms with Gasteiger partial charge in [-0.05, 0) is 35.2 Å². The van der Waals surface area contributed by atoms with E-state index in [1.807, 2.05) is 23.6 Å². The molecule has 2 N–H and O–H groups in total. The maximum absolute atomic E-state index is 11.4. The first-order valence-corrected chi connectivity index (χ1v) is 7.83. The third-order valence-corrected chi connectivity index (χ3v) is 4.83. The Hall–Kier alpha value is -1.36. The highest BCUT2D eigenvalue weighted by Gasteiger charge is 2.22. The smallest absolute Gasteiger partial charge is 0.228 e. The summed E-state index contributed by atoms with van der Waals surface area (Å²) < 4.78 is 0. The molecule has 0 bridgehead atoms. The molecule has 2 aromatic rings. The zero-order valence-corrected chi connectivity index (χ0v) is 12.6. The summed E-state index contributed by atoms with van der Waals surface area (Å²) in [6.07, 6.45) is 0.459. The van der Waals surface area contributed by atoms with Gasteiger partial charge in [-0.2, -0.15) is 0 Å². The first-order chi connectivity index (χ1) is 9.69. The number of hydrogen-bond acceptors (Lipinski definition) is 3. The Bertz CT molecular complexity index is 653. The maximum atomic E-state index is 11.4. The molecule has 0 fully saturated rings. The third-order valence-electron chi connectivity index (χ3n) is 3.40. The maximum Gasteiger partial charge on any atom is 0.228 e. The number of thiophene rings is 1. The lowest BCUT2D eigenvalue weighted by Crippen LogP contribution is -2.21. The highest BCUT2D eigenvalue weighted by atomic mass is 35.5. The van der Waals surface area contributed by atoms with Gasteiger partial charge in [0.05, 0.1) is 17.5 Å². The van der Waals surface area contributed by atoms with Crippen LogP contribution in [-0.4, -0.2) is 12.5 Å². The van der Waals surface area contributed by atoms with Crippen molar-refractivity contribution in [3.8, 4) is 0 Å². The number of nitrogens with one attached hydrogen (secondary N) is 2. The molecule has 0 spiro atoms. The molecule has 0 aliphatic carbocycles. The van der Waals surface area contributed by atoms with Crippen LogP contribution in [0.4, 0.5) is 5.69 Å². The Morgan fingerprint density at radius 1 is 1.45 bits per heavy atom. The summed E-state index contributed by atoms with van der Waals surface area (Å²) in [4.78, 5) is 12.6. The predicted octanol–water partition coefficient (Wildman–Crippen LogP) is 3.60. The monoisotopic (exact) mass is 306 g/mol. The largest absolute Gasteiger partial charge is 0.326 e. The number of halogens is 1. The van der Waals surface area contributed by atoms with E-state index in [1.54, 1.807) is 11.3 Å². The Balaban J connectivity index is 1.99. The normalized spacial score (nSPS) is 15.0. The van der Waals surface area contributed by atoms with E-state index >= 15 is 0 Å². The van der Waals surface area contributed by atoms with Crippen molar-refractivity contribution in [2.45, 2.75) is 19.4 Å². The van der Waals surface area contributed by atoms with Crippen LogP contribution in [-0.2, 0) is 11.2 Å². The van der Waals surface area contributed by atoms with Gasteiger partial charge in [0.15, 0.2) is 0 Å². The number of carbonyl (C=O) groups is 1. The van der Waals surface area contributed by atoms with Crippen LogP contribution in [0.5, 0.6) is 0 Å². The van der Waals surface area contributed by atoms with Crippen molar-refractivity contribution >= 4 is 34.5 Å². The van der Waals surface area contributed by atoms with Crippen LogP contribution in [0.3, 0.4) is 0 Å². The van der Waals surface area contributed by atoms with E-state index < -0.39 is 0 Å². The van der Waals surface area contributed by atoms with Gasteiger partial charge < -0.3 is 10.6 Å². The molecule has 104 valence electrons. The molecule has 1 aliphatic rings. The average Bonchev–Trinajstić information content (AvgIpc) is 3.00. The van der Waals surface area contributed by atoms with Gasteiger partial charge >= 0.3 is 0 Å². The summed E-state index contributed by atoms with van der Waals surface area (Å²) in [6, 6.07) is 8.12. The molecule has 1 unspecified atom stereocenters. The van der Waals surface area contributed by atoms with E-state index in [1.165, 1.54) is 0 Å². The molecule has 20 heavy (non-hydrogen) atoms. The molecule has 1 atom stereocenters. The number of amides is 1. The fourth-order valence-electron chi connectivity index (χ4n) is 2.51. The summed E-state index contributed by atoms with van der Waals surface area (Å²) >= 11 is 7.91. The van der Waals surface area contributed by atoms with Crippen LogP contribution < -0.4 is 10.6 Å². The summed E-state index contributed by atoms with van der Waals surface area (Å²) in [6.45, 7) is 2.93. The van der Waals surface area contributed by atoms with E-state index in [4.69, 9.17) is 11.6 Å². The van der Waals surface area contributed by atoms with Gasteiger partial charge in [-0.25, -0.2) is 0 Å². The number of benzene rings is 1. The standard InChI is InChI=1S/C15H15ClN2OS/c1-2-17-14(15-11(16)5-6-20-15)9-3-4-12-10(7-9)8-13(19)18-12/h3-7,14,17H,2,8H2,1H3,(H,18,19). The van der Waals surface area contributed by atoms with Gasteiger partial charge in [-0.15, -0.1) is 11.3 Å². The molecular formula is C15H15ClN2OS. The minimum Gasteiger partial charge on any atom is -0.326 e. The van der Waals surface area contributed by atoms with Crippen molar-refractivity contribution < 1.29 is 4.79 Å². The number of anilines is 1. The number of rotatable bonds is 4. The summed E-state index contributed by atoms with van der Waals surface area (Å²) in [5.41, 5.74) is 3.13. The van der Waals surface area contributed by atoms with Crippen molar-refractivity contribution in [1.29, 1.82) is 0 Å². The summed E-state index contributed by atoms with van der Waals surface area (Å²) in [5, 5.41) is 9.11. The van der Waals surface area contributed by atoms with Crippen molar-refractivity contribution in [2.24, 2.45) is 0 Å². The quantitative estimate of drug-likeness (QED) is 0.906. The SMILES string of the molecule is CCNC(c1ccc2c(c1)CC(=O)N2)c1sccc1Cl. The number of fused-ring (bicyclic) bond motifs is 1. The highest BCUT2D eigenvalue weighted by molar-refractivity contribution is 7.10. The van der Waals surface area contributed by atoms with E-state index in [-0.39, 0.29) is 11.9 Å². The lowest BCUT2D eigenvalue weighted by molar-refractivity contribution is -0.115. The second-order valence-corrected chi connectivity index (χ2v) is 6.12. The molecule has 1 aromatic heterocycles. The Kier molecular flexibility index (Phi) is 3.78. The van der Waals surface area contributed by atoms with Gasteiger partial charge in [0.1, 0.15) is 0 Å². The summed E-state index contributed by atoms with van der Waals surface area (Å²) in [5.74, 6) is 0.0614. The zero-order chi connectivity index (χ0) is 14.1. The molecule has 1 amide bonds. The molecule has 0 saturated carbocycles. The molecule has 3 nitrogen and oxygen atoms in total. The first-order valence-electron chi connectivity index (χ1n) is 6.58. The van der Waals surface area contributed by atoms with Crippen molar-refractivity contribution in [1.82, 2.24) is 5.32 Å². The molecular weight excluding hydrogens is 292 g/mol. The van der Waals surface area contributed by atoms with Crippen molar-refractivity contribution in [3.05, 3.63) is 50.7 Å². The molecule has 5 heteroatoms. The number of hydrogen-bond donors (Lipinski definition) is 2. The lowest BCUT2D eigenvalue weighted by Gasteiger charge is -2.18. The fourth-order valence-corrected chi connectivity index (χ4v) is 3.77. The molecule has 1 aromatic carbocycles. The van der Waals surface area contributed by atoms with Crippen LogP contribution in [0, 0.1) is 0 Å². The molecule has 0 saturated heterocycles. The molecule has 0 radical (unpaired) electrons. The second-order valence-electron chi connectivity index (χ2n) is 4.77. The van der Waals surface area contributed by atoms with Crippen LogP contribution in [0.1, 0.15) is 29.0 Å². The van der Waals surface area contributed by atoms with Crippen LogP contribution >= 0.6 is 22.9 Å². The molecule has 2 heterocycles. The minimum atomic E-state index is 0.0614. The minimum absolute atomic E-state index is 0.0614. The highest BCUT2D eigenvalue weighted by Crippen LogP contribution is 2.35. The van der Waals surface area contributed by atoms with E-state index in [0.29, 0.717) is 6.42 Å². The van der Waals surface area contributed by atoms with E-state index in [0.717, 1.165) is 33.3 Å². The lowest BCUT2D eigenvalue weighted by atomic mass is 10.0. The van der Waals surface area contributed by atoms with Gasteiger partial charge in [0, 0.05) is 10.6 Å². The van der Waals surface area contributed by atoms with Crippen molar-refractivity contribution in [3.63, 3.8) is 0 Å². The summed E-state index contributed by atoms with van der Waals surface area (Å²) in [7, 11) is 0. The Labute approximate surface area is 127 Å². The molecule has 1 aliphatic heterocycles. The number of carbonyl (C=O) groups excluding carboxylic acids is 1. The van der Waals surface area contributed by atoms with Gasteiger partial charge in [-0.1, -0.05) is 30.7 Å². The van der Waals surface area contributed by atoms with Crippen LogP contribution in [0.2, 0.25) is 5.02 Å². The third kappa shape index (κ3) is 2.46. The van der Waals surface area contributed by atoms with Crippen LogP contribution in [0.25, 0.3) is 0 Å². The van der Waals surface area contributed by atoms with Gasteiger partial charge in [-0.3, -0.25) is 4.79 Å². The Morgan fingerprint density at radius 3 is 3.00 bits per heavy atom. The van der Waals surface area contributed by atoms with Gasteiger partial charge in [0.25, 0.3) is 0 Å².